The molecular weight excluding hydrogens is 289 g/mol. The van der Waals surface area contributed by atoms with E-state index in [2.05, 4.69) is 9.72 Å². The Hall–Kier alpha value is -1.42. The van der Waals surface area contributed by atoms with E-state index in [1.807, 2.05) is 0 Å². The third kappa shape index (κ3) is 3.27. The second kappa shape index (κ2) is 4.11. The number of rotatable bonds is 2. The molecule has 17 heavy (non-hydrogen) atoms. The lowest BCUT2D eigenvalue weighted by atomic mass is 10.3. The fraction of sp³-hybridized carbons (Fsp3) is 0.167. The molecule has 11 heteroatoms. The molecule has 0 aliphatic rings. The Balaban J connectivity index is 3.30. The summed E-state index contributed by atoms with van der Waals surface area (Å²) in [4.78, 5) is 3.02. The molecule has 0 radical (unpaired) electrons. The Bertz CT molecular complexity index is 545. The minimum Gasteiger partial charge on any atom is -0.503 e. The first-order chi connectivity index (χ1) is 7.52. The standard InChI is InChI=1S/C6H4ClF3N2O4S/c7-17(14,15)5-4(13)3(11)2(1-12-5)16-6(8,9)10/h1,13H,(H2,11,12). The van der Waals surface area contributed by atoms with Crippen molar-refractivity contribution < 1.29 is 31.4 Å². The van der Waals surface area contributed by atoms with Crippen LogP contribution in [0.1, 0.15) is 0 Å². The number of hydrogen-bond donors (Lipinski definition) is 2. The summed E-state index contributed by atoms with van der Waals surface area (Å²) in [5.41, 5.74) is 4.12. The van der Waals surface area contributed by atoms with Crippen LogP contribution in [0.3, 0.4) is 0 Å². The Morgan fingerprint density at radius 2 is 2.00 bits per heavy atom. The Labute approximate surface area is 97.2 Å². The Morgan fingerprint density at radius 3 is 2.41 bits per heavy atom. The molecule has 0 unspecified atom stereocenters. The number of nitrogen functional groups attached to an aromatic ring is 1. The summed E-state index contributed by atoms with van der Waals surface area (Å²) in [7, 11) is 0.430. The van der Waals surface area contributed by atoms with Crippen molar-refractivity contribution in [2.75, 3.05) is 5.73 Å². The fourth-order valence-electron chi connectivity index (χ4n) is 0.864. The summed E-state index contributed by atoms with van der Waals surface area (Å²) in [5.74, 6) is -2.24. The first-order valence-electron chi connectivity index (χ1n) is 3.70. The summed E-state index contributed by atoms with van der Waals surface area (Å²) in [6.45, 7) is 0. The van der Waals surface area contributed by atoms with Gasteiger partial charge in [-0.15, -0.1) is 13.2 Å². The zero-order valence-corrected chi connectivity index (χ0v) is 9.27. The van der Waals surface area contributed by atoms with Crippen LogP contribution < -0.4 is 10.5 Å². The van der Waals surface area contributed by atoms with Crippen molar-refractivity contribution in [3.63, 3.8) is 0 Å². The van der Waals surface area contributed by atoms with Gasteiger partial charge in [-0.1, -0.05) is 0 Å². The van der Waals surface area contributed by atoms with E-state index in [0.717, 1.165) is 0 Å². The van der Waals surface area contributed by atoms with Gasteiger partial charge in [0.15, 0.2) is 11.5 Å². The van der Waals surface area contributed by atoms with Crippen LogP contribution in [0, 0.1) is 0 Å². The van der Waals surface area contributed by atoms with E-state index in [1.165, 1.54) is 0 Å². The molecule has 0 amide bonds. The molecule has 6 nitrogen and oxygen atoms in total. The number of hydrogen-bond acceptors (Lipinski definition) is 6. The van der Waals surface area contributed by atoms with Gasteiger partial charge < -0.3 is 15.6 Å². The van der Waals surface area contributed by atoms with Crippen LogP contribution in [-0.4, -0.2) is 24.9 Å². The van der Waals surface area contributed by atoms with E-state index < -0.39 is 37.6 Å². The highest BCUT2D eigenvalue weighted by molar-refractivity contribution is 8.13. The van der Waals surface area contributed by atoms with Crippen molar-refractivity contribution in [3.8, 4) is 11.5 Å². The monoisotopic (exact) mass is 292 g/mol. The molecule has 0 bridgehead atoms. The average molecular weight is 293 g/mol. The zero-order chi connectivity index (χ0) is 13.4. The van der Waals surface area contributed by atoms with Crippen molar-refractivity contribution in [2.45, 2.75) is 11.4 Å². The van der Waals surface area contributed by atoms with Crippen molar-refractivity contribution in [3.05, 3.63) is 6.20 Å². The number of pyridine rings is 1. The maximum atomic E-state index is 11.9. The van der Waals surface area contributed by atoms with Gasteiger partial charge in [-0.05, 0) is 0 Å². The first-order valence-corrected chi connectivity index (χ1v) is 6.01. The summed E-state index contributed by atoms with van der Waals surface area (Å²) in [6, 6.07) is 0. The van der Waals surface area contributed by atoms with Crippen molar-refractivity contribution in [2.24, 2.45) is 0 Å². The minimum absolute atomic E-state index is 0.387. The number of anilines is 1. The van der Waals surface area contributed by atoms with E-state index in [4.69, 9.17) is 16.4 Å². The van der Waals surface area contributed by atoms with Crippen LogP contribution in [-0.2, 0) is 9.05 Å². The molecule has 0 aliphatic carbocycles. The molecule has 0 atom stereocenters. The molecule has 0 aliphatic heterocycles. The Morgan fingerprint density at radius 1 is 1.47 bits per heavy atom. The predicted octanol–water partition coefficient (Wildman–Crippen LogP) is 1.20. The number of alkyl halides is 3. The van der Waals surface area contributed by atoms with E-state index >= 15 is 0 Å². The van der Waals surface area contributed by atoms with Gasteiger partial charge in [0.1, 0.15) is 5.69 Å². The maximum Gasteiger partial charge on any atom is 0.573 e. The number of nitrogens with zero attached hydrogens (tertiary/aromatic N) is 1. The smallest absolute Gasteiger partial charge is 0.503 e. The second-order valence-electron chi connectivity index (χ2n) is 2.68. The summed E-state index contributed by atoms with van der Waals surface area (Å²) in [5, 5.41) is 8.16. The molecule has 0 fully saturated rings. The maximum absolute atomic E-state index is 11.9. The molecule has 1 rings (SSSR count). The second-order valence-corrected chi connectivity index (χ2v) is 5.16. The highest BCUT2D eigenvalue weighted by Crippen LogP contribution is 2.37. The average Bonchev–Trinajstić information content (AvgIpc) is 2.08. The molecule has 3 N–H and O–H groups in total. The third-order valence-electron chi connectivity index (χ3n) is 1.48. The van der Waals surface area contributed by atoms with Crippen molar-refractivity contribution in [1.82, 2.24) is 4.98 Å². The molecule has 1 aromatic rings. The third-order valence-corrected chi connectivity index (χ3v) is 2.68. The quantitative estimate of drug-likeness (QED) is 0.794. The summed E-state index contributed by atoms with van der Waals surface area (Å²) < 4.78 is 60.6. The van der Waals surface area contributed by atoms with E-state index in [9.17, 15) is 26.7 Å². The molecule has 1 heterocycles. The molecule has 0 saturated carbocycles. The predicted molar refractivity (Wildman–Crippen MR) is 50.0 cm³/mol. The van der Waals surface area contributed by atoms with E-state index in [1.54, 1.807) is 0 Å². The molecular formula is C6H4ClF3N2O4S. The van der Waals surface area contributed by atoms with Gasteiger partial charge in [0.05, 0.1) is 6.20 Å². The minimum atomic E-state index is -5.05. The number of halogens is 4. The van der Waals surface area contributed by atoms with Gasteiger partial charge in [0, 0.05) is 10.7 Å². The van der Waals surface area contributed by atoms with Gasteiger partial charge in [0.25, 0.3) is 9.05 Å². The fourth-order valence-corrected chi connectivity index (χ4v) is 1.72. The number of ether oxygens (including phenoxy) is 1. The normalized spacial score (nSPS) is 12.5. The molecule has 0 aromatic carbocycles. The summed E-state index contributed by atoms with van der Waals surface area (Å²) in [6.07, 6.45) is -4.67. The van der Waals surface area contributed by atoms with Gasteiger partial charge in [-0.2, -0.15) is 0 Å². The van der Waals surface area contributed by atoms with Gasteiger partial charge in [-0.25, -0.2) is 13.4 Å². The van der Waals surface area contributed by atoms with Gasteiger partial charge in [0.2, 0.25) is 5.03 Å². The molecule has 0 spiro atoms. The topological polar surface area (TPSA) is 103 Å². The highest BCUT2D eigenvalue weighted by atomic mass is 35.7. The van der Waals surface area contributed by atoms with Crippen LogP contribution in [0.15, 0.2) is 11.2 Å². The van der Waals surface area contributed by atoms with Crippen LogP contribution >= 0.6 is 10.7 Å². The first kappa shape index (κ1) is 13.6. The van der Waals surface area contributed by atoms with E-state index in [-0.39, 0.29) is 0 Å². The summed E-state index contributed by atoms with van der Waals surface area (Å²) >= 11 is 0. The number of aromatic nitrogens is 1. The SMILES string of the molecule is Nc1c(OC(F)(F)F)cnc(S(=O)(=O)Cl)c1O. The Kier molecular flexibility index (Phi) is 3.30. The van der Waals surface area contributed by atoms with Crippen LogP contribution in [0.25, 0.3) is 0 Å². The molecule has 1 aromatic heterocycles. The zero-order valence-electron chi connectivity index (χ0n) is 7.69. The largest absolute Gasteiger partial charge is 0.573 e. The van der Waals surface area contributed by atoms with Crippen LogP contribution in [0.2, 0.25) is 0 Å². The van der Waals surface area contributed by atoms with Crippen molar-refractivity contribution in [1.29, 1.82) is 0 Å². The van der Waals surface area contributed by atoms with E-state index in [0.29, 0.717) is 6.20 Å². The highest BCUT2D eigenvalue weighted by Gasteiger charge is 2.33. The number of aromatic hydroxyl groups is 1. The van der Waals surface area contributed by atoms with Gasteiger partial charge in [-0.3, -0.25) is 0 Å². The van der Waals surface area contributed by atoms with Gasteiger partial charge >= 0.3 is 6.36 Å². The van der Waals surface area contributed by atoms with Crippen molar-refractivity contribution >= 4 is 25.4 Å². The lowest BCUT2D eigenvalue weighted by Crippen LogP contribution is -2.18. The lowest BCUT2D eigenvalue weighted by molar-refractivity contribution is -0.274. The molecule has 96 valence electrons. The lowest BCUT2D eigenvalue weighted by Gasteiger charge is -2.12. The van der Waals surface area contributed by atoms with Crippen LogP contribution in [0.4, 0.5) is 18.9 Å². The molecule has 0 saturated heterocycles. The number of nitrogens with two attached hydrogens (primary N) is 1. The van der Waals surface area contributed by atoms with Crippen LogP contribution in [0.5, 0.6) is 11.5 Å².